The van der Waals surface area contributed by atoms with E-state index >= 15 is 0 Å². The Bertz CT molecular complexity index is 428. The van der Waals surface area contributed by atoms with Crippen LogP contribution in [0.5, 0.6) is 11.5 Å². The maximum atomic E-state index is 12.3. The first-order chi connectivity index (χ1) is 8.49. The maximum absolute atomic E-state index is 12.3. The maximum Gasteiger partial charge on any atom is 0.261 e. The van der Waals surface area contributed by atoms with Gasteiger partial charge in [0.2, 0.25) is 0 Å². The van der Waals surface area contributed by atoms with Crippen LogP contribution in [0.15, 0.2) is 18.2 Å². The molecule has 1 heterocycles. The SMILES string of the molecule is CC1CC(C)CN(C(=O)c2c(O)cccc2O)C1. The highest BCUT2D eigenvalue weighted by Crippen LogP contribution is 2.30. The third-order valence-corrected chi connectivity index (χ3v) is 3.39. The van der Waals surface area contributed by atoms with Crippen LogP contribution in [0, 0.1) is 11.8 Å². The van der Waals surface area contributed by atoms with Crippen LogP contribution >= 0.6 is 0 Å². The van der Waals surface area contributed by atoms with Crippen LogP contribution in [0.1, 0.15) is 30.6 Å². The Hall–Kier alpha value is -1.71. The Balaban J connectivity index is 2.26. The molecule has 0 radical (unpaired) electrons. The minimum Gasteiger partial charge on any atom is -0.507 e. The van der Waals surface area contributed by atoms with E-state index in [2.05, 4.69) is 13.8 Å². The standard InChI is InChI=1S/C14H19NO3/c1-9-6-10(2)8-15(7-9)14(18)13-11(16)4-3-5-12(13)17/h3-5,9-10,16-17H,6-8H2,1-2H3. The van der Waals surface area contributed by atoms with Crippen LogP contribution in [-0.4, -0.2) is 34.1 Å². The lowest BCUT2D eigenvalue weighted by atomic mass is 9.91. The lowest BCUT2D eigenvalue weighted by molar-refractivity contribution is 0.0617. The summed E-state index contributed by atoms with van der Waals surface area (Å²) >= 11 is 0. The van der Waals surface area contributed by atoms with E-state index in [0.717, 1.165) is 6.42 Å². The number of phenolic OH excluding ortho intramolecular Hbond substituents is 2. The van der Waals surface area contributed by atoms with E-state index in [9.17, 15) is 15.0 Å². The fraction of sp³-hybridized carbons (Fsp3) is 0.500. The van der Waals surface area contributed by atoms with Gasteiger partial charge >= 0.3 is 0 Å². The van der Waals surface area contributed by atoms with Crippen LogP contribution in [-0.2, 0) is 0 Å². The summed E-state index contributed by atoms with van der Waals surface area (Å²) in [6.45, 7) is 5.58. The second-order valence-electron chi connectivity index (χ2n) is 5.33. The van der Waals surface area contributed by atoms with E-state index in [1.54, 1.807) is 4.90 Å². The second kappa shape index (κ2) is 4.88. The molecule has 1 aliphatic rings. The zero-order valence-electron chi connectivity index (χ0n) is 10.8. The van der Waals surface area contributed by atoms with Crippen molar-refractivity contribution < 1.29 is 15.0 Å². The first kappa shape index (κ1) is 12.7. The molecular formula is C14H19NO3. The monoisotopic (exact) mass is 249 g/mol. The van der Waals surface area contributed by atoms with Gasteiger partial charge in [-0.05, 0) is 30.4 Å². The van der Waals surface area contributed by atoms with Crippen LogP contribution < -0.4 is 0 Å². The molecule has 1 aromatic rings. The Kier molecular flexibility index (Phi) is 3.45. The molecule has 4 nitrogen and oxygen atoms in total. The van der Waals surface area contributed by atoms with Crippen molar-refractivity contribution in [2.45, 2.75) is 20.3 Å². The molecule has 2 N–H and O–H groups in total. The van der Waals surface area contributed by atoms with Gasteiger partial charge < -0.3 is 15.1 Å². The van der Waals surface area contributed by atoms with Gasteiger partial charge in [0.05, 0.1) is 0 Å². The molecule has 98 valence electrons. The van der Waals surface area contributed by atoms with Gasteiger partial charge in [0.25, 0.3) is 5.91 Å². The van der Waals surface area contributed by atoms with E-state index in [-0.39, 0.29) is 23.0 Å². The van der Waals surface area contributed by atoms with Crippen LogP contribution in [0.4, 0.5) is 0 Å². The average molecular weight is 249 g/mol. The van der Waals surface area contributed by atoms with E-state index in [1.807, 2.05) is 0 Å². The number of piperidine rings is 1. The fourth-order valence-electron chi connectivity index (χ4n) is 2.73. The lowest BCUT2D eigenvalue weighted by Crippen LogP contribution is -2.42. The summed E-state index contributed by atoms with van der Waals surface area (Å²) in [5.74, 6) is 0.289. The summed E-state index contributed by atoms with van der Waals surface area (Å²) in [6.07, 6.45) is 1.11. The molecule has 1 aliphatic heterocycles. The molecule has 1 fully saturated rings. The molecule has 2 atom stereocenters. The van der Waals surface area contributed by atoms with Gasteiger partial charge in [-0.15, -0.1) is 0 Å². The number of phenols is 2. The number of likely N-dealkylation sites (tertiary alicyclic amines) is 1. The summed E-state index contributed by atoms with van der Waals surface area (Å²) in [4.78, 5) is 14.1. The minimum absolute atomic E-state index is 0.0128. The largest absolute Gasteiger partial charge is 0.507 e. The molecule has 0 aromatic heterocycles. The number of rotatable bonds is 1. The predicted octanol–water partition coefficient (Wildman–Crippen LogP) is 2.22. The van der Waals surface area contributed by atoms with Crippen molar-refractivity contribution in [3.05, 3.63) is 23.8 Å². The van der Waals surface area contributed by atoms with Crippen molar-refractivity contribution in [3.63, 3.8) is 0 Å². The lowest BCUT2D eigenvalue weighted by Gasteiger charge is -2.35. The number of nitrogens with zero attached hydrogens (tertiary/aromatic N) is 1. The third-order valence-electron chi connectivity index (χ3n) is 3.39. The Labute approximate surface area is 107 Å². The number of aromatic hydroxyl groups is 2. The molecular weight excluding hydrogens is 230 g/mol. The minimum atomic E-state index is -0.288. The number of hydrogen-bond donors (Lipinski definition) is 2. The van der Waals surface area contributed by atoms with E-state index in [4.69, 9.17) is 0 Å². The van der Waals surface area contributed by atoms with Crippen LogP contribution in [0.3, 0.4) is 0 Å². The normalized spacial score (nSPS) is 24.0. The first-order valence-electron chi connectivity index (χ1n) is 6.29. The van der Waals surface area contributed by atoms with Gasteiger partial charge in [0.1, 0.15) is 17.1 Å². The Morgan fingerprint density at radius 2 is 1.67 bits per heavy atom. The Morgan fingerprint density at radius 1 is 1.17 bits per heavy atom. The molecule has 2 unspecified atom stereocenters. The number of carbonyl (C=O) groups excluding carboxylic acids is 1. The van der Waals surface area contributed by atoms with Crippen LogP contribution in [0.25, 0.3) is 0 Å². The second-order valence-corrected chi connectivity index (χ2v) is 5.33. The van der Waals surface area contributed by atoms with Crippen molar-refractivity contribution in [1.82, 2.24) is 4.90 Å². The third kappa shape index (κ3) is 2.42. The highest BCUT2D eigenvalue weighted by atomic mass is 16.3. The average Bonchev–Trinajstić information content (AvgIpc) is 2.27. The highest BCUT2D eigenvalue weighted by Gasteiger charge is 2.28. The van der Waals surface area contributed by atoms with Crippen molar-refractivity contribution in [1.29, 1.82) is 0 Å². The quantitative estimate of drug-likeness (QED) is 0.802. The summed E-state index contributed by atoms with van der Waals surface area (Å²) in [5.41, 5.74) is 0.0128. The van der Waals surface area contributed by atoms with Crippen molar-refractivity contribution in [3.8, 4) is 11.5 Å². The summed E-state index contributed by atoms with van der Waals surface area (Å²) in [6, 6.07) is 4.36. The molecule has 18 heavy (non-hydrogen) atoms. The van der Waals surface area contributed by atoms with Gasteiger partial charge in [-0.3, -0.25) is 4.79 Å². The Morgan fingerprint density at radius 3 is 2.17 bits per heavy atom. The molecule has 0 saturated carbocycles. The molecule has 4 heteroatoms. The molecule has 0 bridgehead atoms. The van der Waals surface area contributed by atoms with Gasteiger partial charge in [-0.1, -0.05) is 19.9 Å². The fourth-order valence-corrected chi connectivity index (χ4v) is 2.73. The molecule has 2 rings (SSSR count). The topological polar surface area (TPSA) is 60.8 Å². The van der Waals surface area contributed by atoms with Crippen LogP contribution in [0.2, 0.25) is 0 Å². The predicted molar refractivity (Wildman–Crippen MR) is 68.6 cm³/mol. The highest BCUT2D eigenvalue weighted by molar-refractivity contribution is 5.99. The number of hydrogen-bond acceptors (Lipinski definition) is 3. The van der Waals surface area contributed by atoms with Crippen molar-refractivity contribution in [2.75, 3.05) is 13.1 Å². The summed E-state index contributed by atoms with van der Waals surface area (Å²) in [5, 5.41) is 19.4. The van der Waals surface area contributed by atoms with Gasteiger partial charge in [0.15, 0.2) is 0 Å². The van der Waals surface area contributed by atoms with E-state index in [0.29, 0.717) is 24.9 Å². The molecule has 0 spiro atoms. The van der Waals surface area contributed by atoms with Crippen molar-refractivity contribution in [2.24, 2.45) is 11.8 Å². The number of amides is 1. The zero-order chi connectivity index (χ0) is 13.3. The summed E-state index contributed by atoms with van der Waals surface area (Å²) < 4.78 is 0. The van der Waals surface area contributed by atoms with Gasteiger partial charge in [-0.2, -0.15) is 0 Å². The number of benzene rings is 1. The smallest absolute Gasteiger partial charge is 0.261 e. The van der Waals surface area contributed by atoms with E-state index in [1.165, 1.54) is 18.2 Å². The molecule has 1 aromatic carbocycles. The molecule has 0 aliphatic carbocycles. The molecule has 1 saturated heterocycles. The van der Waals surface area contributed by atoms with Gasteiger partial charge in [-0.25, -0.2) is 0 Å². The summed E-state index contributed by atoms with van der Waals surface area (Å²) in [7, 11) is 0. The van der Waals surface area contributed by atoms with E-state index < -0.39 is 0 Å². The van der Waals surface area contributed by atoms with Crippen molar-refractivity contribution >= 4 is 5.91 Å². The molecule has 1 amide bonds. The first-order valence-corrected chi connectivity index (χ1v) is 6.29. The number of carbonyl (C=O) groups is 1. The zero-order valence-corrected chi connectivity index (χ0v) is 10.8. The van der Waals surface area contributed by atoms with Gasteiger partial charge in [0, 0.05) is 13.1 Å².